The number of nitrogens with one attached hydrogen (secondary N) is 1. The van der Waals surface area contributed by atoms with E-state index >= 15 is 0 Å². The van der Waals surface area contributed by atoms with Crippen LogP contribution < -0.4 is 5.32 Å². The lowest BCUT2D eigenvalue weighted by molar-refractivity contribution is -0.152. The van der Waals surface area contributed by atoms with E-state index in [1.807, 2.05) is 0 Å². The second-order valence-corrected chi connectivity index (χ2v) is 4.28. The number of aliphatic hydroxyl groups excluding tert-OH is 1. The van der Waals surface area contributed by atoms with Crippen molar-refractivity contribution in [3.63, 3.8) is 0 Å². The van der Waals surface area contributed by atoms with E-state index < -0.39 is 29.8 Å². The molecule has 98 valence electrons. The highest BCUT2D eigenvalue weighted by molar-refractivity contribution is 5.83. The number of esters is 1. The van der Waals surface area contributed by atoms with Crippen molar-refractivity contribution in [2.75, 3.05) is 7.11 Å². The number of rotatable bonds is 4. The third-order valence-electron chi connectivity index (χ3n) is 1.61. The van der Waals surface area contributed by atoms with Gasteiger partial charge in [-0.15, -0.1) is 0 Å². The fraction of sp³-hybridized carbons (Fsp3) is 0.700. The van der Waals surface area contributed by atoms with E-state index in [-0.39, 0.29) is 6.29 Å². The van der Waals surface area contributed by atoms with Gasteiger partial charge in [0.15, 0.2) is 6.10 Å². The summed E-state index contributed by atoms with van der Waals surface area (Å²) in [5.41, 5.74) is -0.742. The Hall–Kier alpha value is -1.63. The number of hydrogen-bond acceptors (Lipinski definition) is 6. The van der Waals surface area contributed by atoms with Crippen molar-refractivity contribution in [1.29, 1.82) is 0 Å². The average molecular weight is 247 g/mol. The number of aliphatic hydroxyl groups is 1. The first-order valence-corrected chi connectivity index (χ1v) is 4.92. The van der Waals surface area contributed by atoms with Gasteiger partial charge in [-0.1, -0.05) is 0 Å². The van der Waals surface area contributed by atoms with Gasteiger partial charge in [0, 0.05) is 0 Å². The van der Waals surface area contributed by atoms with Gasteiger partial charge in [-0.2, -0.15) is 0 Å². The highest BCUT2D eigenvalue weighted by Crippen LogP contribution is 2.07. The predicted octanol–water partition coefficient (Wildman–Crippen LogP) is -0.388. The van der Waals surface area contributed by atoms with Crippen LogP contribution in [0.3, 0.4) is 0 Å². The van der Waals surface area contributed by atoms with Crippen molar-refractivity contribution < 1.29 is 29.0 Å². The molecule has 7 heteroatoms. The van der Waals surface area contributed by atoms with Crippen molar-refractivity contribution in [2.45, 2.75) is 38.5 Å². The molecule has 0 aromatic rings. The maximum Gasteiger partial charge on any atom is 0.408 e. The summed E-state index contributed by atoms with van der Waals surface area (Å²) in [6.07, 6.45) is -2.44. The molecule has 2 atom stereocenters. The molecular weight excluding hydrogens is 230 g/mol. The lowest BCUT2D eigenvalue weighted by Crippen LogP contribution is -2.49. The van der Waals surface area contributed by atoms with E-state index in [2.05, 4.69) is 10.1 Å². The van der Waals surface area contributed by atoms with Crippen molar-refractivity contribution in [1.82, 2.24) is 5.32 Å². The van der Waals surface area contributed by atoms with Gasteiger partial charge in [0.2, 0.25) is 0 Å². The quantitative estimate of drug-likeness (QED) is 0.518. The summed E-state index contributed by atoms with van der Waals surface area (Å²) in [6, 6.07) is -1.41. The van der Waals surface area contributed by atoms with Crippen LogP contribution in [0.5, 0.6) is 0 Å². The largest absolute Gasteiger partial charge is 0.467 e. The Balaban J connectivity index is 4.46. The van der Waals surface area contributed by atoms with Crippen molar-refractivity contribution >= 4 is 18.3 Å². The highest BCUT2D eigenvalue weighted by atomic mass is 16.6. The second-order valence-electron chi connectivity index (χ2n) is 4.28. The molecule has 0 bridgehead atoms. The summed E-state index contributed by atoms with van der Waals surface area (Å²) < 4.78 is 9.10. The normalized spacial score (nSPS) is 14.4. The molecule has 17 heavy (non-hydrogen) atoms. The number of aldehydes is 1. The topological polar surface area (TPSA) is 102 Å². The third kappa shape index (κ3) is 5.86. The van der Waals surface area contributed by atoms with E-state index in [0.29, 0.717) is 0 Å². The molecule has 0 saturated carbocycles. The number of amides is 1. The molecule has 0 saturated heterocycles. The molecule has 0 heterocycles. The zero-order valence-corrected chi connectivity index (χ0v) is 10.2. The Morgan fingerprint density at radius 1 is 1.35 bits per heavy atom. The number of methoxy groups -OCH3 is 1. The summed E-state index contributed by atoms with van der Waals surface area (Å²) in [6.45, 7) is 4.91. The summed E-state index contributed by atoms with van der Waals surface area (Å²) in [5, 5.41) is 11.4. The van der Waals surface area contributed by atoms with Gasteiger partial charge >= 0.3 is 12.1 Å². The predicted molar refractivity (Wildman–Crippen MR) is 57.2 cm³/mol. The van der Waals surface area contributed by atoms with Crippen LogP contribution in [0, 0.1) is 0 Å². The third-order valence-corrected chi connectivity index (χ3v) is 1.61. The summed E-state index contributed by atoms with van der Waals surface area (Å²) in [4.78, 5) is 32.9. The minimum atomic E-state index is -1.76. The standard InChI is InChI=1S/C10H17NO6/c1-10(2,3)17-9(15)11-6(5-12)7(13)8(14)16-4/h5-7,13H,1-4H3,(H,11,15)/t6-,7-/m0/s1. The molecule has 1 amide bonds. The van der Waals surface area contributed by atoms with Gasteiger partial charge in [0.05, 0.1) is 7.11 Å². The van der Waals surface area contributed by atoms with Gasteiger partial charge < -0.3 is 24.7 Å². The van der Waals surface area contributed by atoms with Crippen LogP contribution in [0.15, 0.2) is 0 Å². The van der Waals surface area contributed by atoms with Crippen LogP contribution >= 0.6 is 0 Å². The first-order chi connectivity index (χ1) is 7.71. The maximum atomic E-state index is 11.3. The van der Waals surface area contributed by atoms with E-state index in [1.165, 1.54) is 0 Å². The molecule has 0 radical (unpaired) electrons. The minimum Gasteiger partial charge on any atom is -0.467 e. The Labute approximate surface area is 99.1 Å². The Bertz CT molecular complexity index is 296. The van der Waals surface area contributed by atoms with Gasteiger partial charge in [0.1, 0.15) is 17.9 Å². The SMILES string of the molecule is COC(=O)[C@@H](O)[C@H](C=O)NC(=O)OC(C)(C)C. The molecule has 0 aliphatic carbocycles. The molecule has 0 rings (SSSR count). The fourth-order valence-corrected chi connectivity index (χ4v) is 0.898. The summed E-state index contributed by atoms with van der Waals surface area (Å²) in [7, 11) is 1.06. The Morgan fingerprint density at radius 3 is 2.24 bits per heavy atom. The molecule has 0 fully saturated rings. The Kier molecular flexibility index (Phi) is 5.60. The second kappa shape index (κ2) is 6.19. The van der Waals surface area contributed by atoms with Crippen molar-refractivity contribution in [3.05, 3.63) is 0 Å². The van der Waals surface area contributed by atoms with Crippen molar-refractivity contribution in [3.8, 4) is 0 Å². The molecule has 0 aromatic heterocycles. The summed E-state index contributed by atoms with van der Waals surface area (Å²) in [5.74, 6) is -1.02. The van der Waals surface area contributed by atoms with Crippen LogP contribution in [0.4, 0.5) is 4.79 Å². The smallest absolute Gasteiger partial charge is 0.408 e. The number of carbonyl (C=O) groups is 3. The zero-order chi connectivity index (χ0) is 13.6. The van der Waals surface area contributed by atoms with Crippen LogP contribution in [-0.2, 0) is 19.1 Å². The molecule has 0 aromatic carbocycles. The molecule has 0 aliphatic heterocycles. The van der Waals surface area contributed by atoms with E-state index in [4.69, 9.17) is 4.74 Å². The molecule has 0 unspecified atom stereocenters. The number of alkyl carbamates (subject to hydrolysis) is 1. The number of carbonyl (C=O) groups excluding carboxylic acids is 3. The van der Waals surface area contributed by atoms with Crippen LogP contribution in [0.2, 0.25) is 0 Å². The molecule has 2 N–H and O–H groups in total. The lowest BCUT2D eigenvalue weighted by atomic mass is 10.2. The van der Waals surface area contributed by atoms with E-state index in [9.17, 15) is 19.5 Å². The van der Waals surface area contributed by atoms with E-state index in [1.54, 1.807) is 20.8 Å². The Morgan fingerprint density at radius 2 is 1.88 bits per heavy atom. The number of hydrogen-bond donors (Lipinski definition) is 2. The van der Waals surface area contributed by atoms with Crippen LogP contribution in [0.1, 0.15) is 20.8 Å². The van der Waals surface area contributed by atoms with Gasteiger partial charge in [-0.3, -0.25) is 0 Å². The van der Waals surface area contributed by atoms with Gasteiger partial charge in [0.25, 0.3) is 0 Å². The van der Waals surface area contributed by atoms with Crippen molar-refractivity contribution in [2.24, 2.45) is 0 Å². The van der Waals surface area contributed by atoms with E-state index in [0.717, 1.165) is 7.11 Å². The molecular formula is C10H17NO6. The monoisotopic (exact) mass is 247 g/mol. The summed E-state index contributed by atoms with van der Waals surface area (Å²) >= 11 is 0. The molecule has 0 aliphatic rings. The first-order valence-electron chi connectivity index (χ1n) is 4.92. The minimum absolute atomic E-state index is 0.228. The van der Waals surface area contributed by atoms with Gasteiger partial charge in [-0.25, -0.2) is 9.59 Å². The zero-order valence-electron chi connectivity index (χ0n) is 10.2. The van der Waals surface area contributed by atoms with Crippen LogP contribution in [-0.4, -0.2) is 48.3 Å². The van der Waals surface area contributed by atoms with Crippen LogP contribution in [0.25, 0.3) is 0 Å². The molecule has 7 nitrogen and oxygen atoms in total. The average Bonchev–Trinajstić information content (AvgIpc) is 2.21. The molecule has 0 spiro atoms. The fourth-order valence-electron chi connectivity index (χ4n) is 0.898. The van der Waals surface area contributed by atoms with Gasteiger partial charge in [-0.05, 0) is 20.8 Å². The highest BCUT2D eigenvalue weighted by Gasteiger charge is 2.29. The number of ether oxygens (including phenoxy) is 2. The maximum absolute atomic E-state index is 11.3. The first kappa shape index (κ1) is 15.4. The lowest BCUT2D eigenvalue weighted by Gasteiger charge is -2.22.